The molecule has 0 spiro atoms. The molecule has 1 atom stereocenters. The number of anilines is 1. The van der Waals surface area contributed by atoms with Crippen LogP contribution in [0.15, 0.2) is 48.5 Å². The first-order valence-corrected chi connectivity index (χ1v) is 10.3. The smallest absolute Gasteiger partial charge is 0.0369 e. The average molecular weight is 365 g/mol. The van der Waals surface area contributed by atoms with E-state index in [-0.39, 0.29) is 6.04 Å². The number of piperazine rings is 1. The van der Waals surface area contributed by atoms with Crippen LogP contribution in [-0.2, 0) is 6.42 Å². The van der Waals surface area contributed by atoms with E-state index in [1.165, 1.54) is 27.4 Å². The van der Waals surface area contributed by atoms with Gasteiger partial charge in [-0.1, -0.05) is 36.4 Å². The van der Waals surface area contributed by atoms with E-state index in [9.17, 15) is 5.21 Å². The van der Waals surface area contributed by atoms with E-state index in [1.54, 1.807) is 0 Å². The Morgan fingerprint density at radius 3 is 2.41 bits per heavy atom. The maximum atomic E-state index is 11.8. The van der Waals surface area contributed by atoms with Crippen LogP contribution in [0.4, 0.5) is 5.69 Å². The van der Waals surface area contributed by atoms with Gasteiger partial charge in [0.15, 0.2) is 0 Å². The number of hydroxylamine groups is 2. The molecular formula is C23H30N3O-. The van der Waals surface area contributed by atoms with Gasteiger partial charge >= 0.3 is 0 Å². The van der Waals surface area contributed by atoms with Gasteiger partial charge in [-0.2, -0.15) is 0 Å². The van der Waals surface area contributed by atoms with Crippen molar-refractivity contribution in [3.63, 3.8) is 0 Å². The number of aryl methyl sites for hydroxylation is 1. The van der Waals surface area contributed by atoms with Crippen molar-refractivity contribution >= 4 is 5.69 Å². The zero-order valence-corrected chi connectivity index (χ0v) is 16.3. The van der Waals surface area contributed by atoms with Gasteiger partial charge in [-0.25, -0.2) is 0 Å². The van der Waals surface area contributed by atoms with Crippen LogP contribution in [0.5, 0.6) is 0 Å². The van der Waals surface area contributed by atoms with Crippen LogP contribution in [0.1, 0.15) is 35.6 Å². The predicted octanol–water partition coefficient (Wildman–Crippen LogP) is 3.99. The van der Waals surface area contributed by atoms with Crippen molar-refractivity contribution in [2.75, 3.05) is 44.2 Å². The number of hydrogen-bond donors (Lipinski definition) is 0. The first-order valence-electron chi connectivity index (χ1n) is 10.3. The molecule has 4 heteroatoms. The van der Waals surface area contributed by atoms with Gasteiger partial charge in [0.25, 0.3) is 0 Å². The number of rotatable bonds is 5. The SMILES string of the molecule is Cc1cccc(N2CCN(CCc3ccc(C4CCCN4[O-])cc3)CC2)c1. The van der Waals surface area contributed by atoms with Gasteiger partial charge in [0, 0.05) is 44.5 Å². The second kappa shape index (κ2) is 8.42. The van der Waals surface area contributed by atoms with E-state index in [2.05, 4.69) is 65.3 Å². The molecule has 2 aromatic carbocycles. The third-order valence-corrected chi connectivity index (χ3v) is 6.02. The van der Waals surface area contributed by atoms with E-state index < -0.39 is 0 Å². The van der Waals surface area contributed by atoms with Crippen LogP contribution in [-0.4, -0.2) is 49.2 Å². The van der Waals surface area contributed by atoms with Gasteiger partial charge in [-0.05, 0) is 61.6 Å². The van der Waals surface area contributed by atoms with Crippen molar-refractivity contribution in [3.8, 4) is 0 Å². The fraction of sp³-hybridized carbons (Fsp3) is 0.478. The van der Waals surface area contributed by atoms with Crippen LogP contribution < -0.4 is 4.90 Å². The second-order valence-electron chi connectivity index (χ2n) is 7.96. The molecule has 2 aliphatic rings. The Bertz CT molecular complexity index is 738. The van der Waals surface area contributed by atoms with Crippen LogP contribution in [0.3, 0.4) is 0 Å². The molecule has 27 heavy (non-hydrogen) atoms. The topological polar surface area (TPSA) is 32.8 Å². The molecule has 0 radical (unpaired) electrons. The molecule has 2 heterocycles. The summed E-state index contributed by atoms with van der Waals surface area (Å²) < 4.78 is 0. The average Bonchev–Trinajstić information content (AvgIpc) is 3.13. The Morgan fingerprint density at radius 2 is 1.74 bits per heavy atom. The van der Waals surface area contributed by atoms with Crippen molar-refractivity contribution in [1.82, 2.24) is 9.96 Å². The maximum absolute atomic E-state index is 11.8. The molecule has 1 unspecified atom stereocenters. The van der Waals surface area contributed by atoms with E-state index in [0.29, 0.717) is 6.54 Å². The maximum Gasteiger partial charge on any atom is 0.0369 e. The van der Waals surface area contributed by atoms with Crippen molar-refractivity contribution < 1.29 is 0 Å². The minimum atomic E-state index is 0.0775. The Kier molecular flexibility index (Phi) is 5.77. The van der Waals surface area contributed by atoms with Gasteiger partial charge in [0.2, 0.25) is 0 Å². The highest BCUT2D eigenvalue weighted by atomic mass is 16.5. The molecule has 2 fully saturated rings. The molecular weight excluding hydrogens is 334 g/mol. The summed E-state index contributed by atoms with van der Waals surface area (Å²) in [6.45, 7) is 8.40. The molecule has 0 amide bonds. The van der Waals surface area contributed by atoms with Crippen LogP contribution >= 0.6 is 0 Å². The van der Waals surface area contributed by atoms with Crippen molar-refractivity contribution in [2.24, 2.45) is 0 Å². The first-order chi connectivity index (χ1) is 13.2. The summed E-state index contributed by atoms with van der Waals surface area (Å²) in [5.74, 6) is 0. The third kappa shape index (κ3) is 4.52. The van der Waals surface area contributed by atoms with Gasteiger partial charge < -0.3 is 15.2 Å². The monoisotopic (exact) mass is 364 g/mol. The molecule has 0 saturated carbocycles. The molecule has 0 bridgehead atoms. The van der Waals surface area contributed by atoms with Crippen LogP contribution in [0.2, 0.25) is 0 Å². The van der Waals surface area contributed by atoms with E-state index in [1.807, 2.05) is 0 Å². The highest BCUT2D eigenvalue weighted by Gasteiger charge is 2.19. The minimum Gasteiger partial charge on any atom is -0.785 e. The molecule has 2 saturated heterocycles. The Labute approximate surface area is 163 Å². The molecule has 2 aliphatic heterocycles. The zero-order chi connectivity index (χ0) is 18.6. The zero-order valence-electron chi connectivity index (χ0n) is 16.3. The number of nitrogens with zero attached hydrogens (tertiary/aromatic N) is 3. The third-order valence-electron chi connectivity index (χ3n) is 6.02. The lowest BCUT2D eigenvalue weighted by Gasteiger charge is -2.36. The first kappa shape index (κ1) is 18.5. The van der Waals surface area contributed by atoms with Crippen LogP contribution in [0, 0.1) is 12.1 Å². The summed E-state index contributed by atoms with van der Waals surface area (Å²) in [4.78, 5) is 5.06. The Balaban J connectivity index is 1.25. The lowest BCUT2D eigenvalue weighted by molar-refractivity contribution is 0.261. The van der Waals surface area contributed by atoms with Crippen molar-refractivity contribution in [1.29, 1.82) is 0 Å². The summed E-state index contributed by atoms with van der Waals surface area (Å²) in [6, 6.07) is 17.6. The highest BCUT2D eigenvalue weighted by Crippen LogP contribution is 2.30. The molecule has 4 nitrogen and oxygen atoms in total. The van der Waals surface area contributed by atoms with Gasteiger partial charge in [0.05, 0.1) is 0 Å². The predicted molar refractivity (Wildman–Crippen MR) is 112 cm³/mol. The normalized spacial score (nSPS) is 21.7. The minimum absolute atomic E-state index is 0.0775. The quantitative estimate of drug-likeness (QED) is 0.803. The van der Waals surface area contributed by atoms with E-state index >= 15 is 0 Å². The summed E-state index contributed by atoms with van der Waals surface area (Å²) in [5.41, 5.74) is 5.23. The number of benzene rings is 2. The second-order valence-corrected chi connectivity index (χ2v) is 7.96. The lowest BCUT2D eigenvalue weighted by Crippen LogP contribution is -2.47. The Hall–Kier alpha value is -1.88. The molecule has 0 aromatic heterocycles. The van der Waals surface area contributed by atoms with Crippen molar-refractivity contribution in [3.05, 3.63) is 70.4 Å². The molecule has 4 rings (SSSR count). The summed E-state index contributed by atoms with van der Waals surface area (Å²) in [5, 5.41) is 13.1. The standard InChI is InChI=1S/C23H30N3O/c1-19-4-2-5-22(18-19)25-16-14-24(15-17-25)13-11-20-7-9-21(10-8-20)23-6-3-12-26(23)27/h2,4-5,7-10,18,23H,3,6,11-17H2,1H3/q-1. The molecule has 0 N–H and O–H groups in total. The summed E-state index contributed by atoms with van der Waals surface area (Å²) >= 11 is 0. The highest BCUT2D eigenvalue weighted by molar-refractivity contribution is 5.48. The van der Waals surface area contributed by atoms with Crippen LogP contribution in [0.25, 0.3) is 0 Å². The fourth-order valence-electron chi connectivity index (χ4n) is 4.32. The summed E-state index contributed by atoms with van der Waals surface area (Å²) in [7, 11) is 0. The molecule has 144 valence electrons. The van der Waals surface area contributed by atoms with Crippen molar-refractivity contribution in [2.45, 2.75) is 32.2 Å². The van der Waals surface area contributed by atoms with E-state index in [4.69, 9.17) is 0 Å². The lowest BCUT2D eigenvalue weighted by atomic mass is 10.0. The van der Waals surface area contributed by atoms with Gasteiger partial charge in [-0.15, -0.1) is 0 Å². The van der Waals surface area contributed by atoms with Gasteiger partial charge in [-0.3, -0.25) is 4.90 Å². The Morgan fingerprint density at radius 1 is 0.963 bits per heavy atom. The molecule has 0 aliphatic carbocycles. The number of hydrogen-bond acceptors (Lipinski definition) is 4. The summed E-state index contributed by atoms with van der Waals surface area (Å²) in [6.07, 6.45) is 3.09. The largest absolute Gasteiger partial charge is 0.785 e. The van der Waals surface area contributed by atoms with E-state index in [0.717, 1.165) is 52.0 Å². The fourth-order valence-corrected chi connectivity index (χ4v) is 4.32. The van der Waals surface area contributed by atoms with Gasteiger partial charge in [0.1, 0.15) is 0 Å². The molecule has 2 aromatic rings.